The SMILES string of the molecule is CC1(NC(=O)Cc2ccccc2)SC(C)(C)C(C(=O)O)(C(=O)O)N1C=O. The van der Waals surface area contributed by atoms with Gasteiger partial charge in [0, 0.05) is 0 Å². The highest BCUT2D eigenvalue weighted by molar-refractivity contribution is 8.02. The van der Waals surface area contributed by atoms with Crippen LogP contribution in [-0.2, 0) is 25.6 Å². The molecular formula is C17H20N2O6S. The summed E-state index contributed by atoms with van der Waals surface area (Å²) in [5, 5.41) is 21.9. The molecule has 140 valence electrons. The molecule has 2 amide bonds. The first kappa shape index (κ1) is 19.8. The number of hydrogen-bond donors (Lipinski definition) is 3. The lowest BCUT2D eigenvalue weighted by Gasteiger charge is -2.39. The van der Waals surface area contributed by atoms with Gasteiger partial charge in [0.05, 0.1) is 11.2 Å². The van der Waals surface area contributed by atoms with Crippen molar-refractivity contribution in [2.24, 2.45) is 0 Å². The summed E-state index contributed by atoms with van der Waals surface area (Å²) in [4.78, 5) is 47.1. The molecule has 1 aliphatic rings. The Morgan fingerprint density at radius 3 is 2.12 bits per heavy atom. The summed E-state index contributed by atoms with van der Waals surface area (Å²) in [6, 6.07) is 8.86. The fourth-order valence-electron chi connectivity index (χ4n) is 3.39. The minimum Gasteiger partial charge on any atom is -0.479 e. The van der Waals surface area contributed by atoms with Crippen LogP contribution in [-0.4, -0.2) is 54.6 Å². The smallest absolute Gasteiger partial charge is 0.343 e. The third-order valence-corrected chi connectivity index (χ3v) is 5.95. The highest BCUT2D eigenvalue weighted by Gasteiger charge is 2.73. The van der Waals surface area contributed by atoms with Crippen LogP contribution in [0.1, 0.15) is 26.3 Å². The second kappa shape index (κ2) is 6.64. The van der Waals surface area contributed by atoms with Gasteiger partial charge in [-0.2, -0.15) is 0 Å². The summed E-state index contributed by atoms with van der Waals surface area (Å²) in [7, 11) is 0. The largest absolute Gasteiger partial charge is 0.479 e. The van der Waals surface area contributed by atoms with Gasteiger partial charge in [-0.25, -0.2) is 9.59 Å². The molecule has 0 radical (unpaired) electrons. The quantitative estimate of drug-likeness (QED) is 0.495. The van der Waals surface area contributed by atoms with Crippen molar-refractivity contribution in [2.45, 2.75) is 42.5 Å². The summed E-state index contributed by atoms with van der Waals surface area (Å²) in [6.07, 6.45) is 0.171. The maximum absolute atomic E-state index is 12.4. The molecule has 3 N–H and O–H groups in total. The van der Waals surface area contributed by atoms with Crippen LogP contribution in [0.25, 0.3) is 0 Å². The molecule has 1 aromatic carbocycles. The number of nitrogens with one attached hydrogen (secondary N) is 1. The molecule has 0 aliphatic carbocycles. The molecule has 1 fully saturated rings. The van der Waals surface area contributed by atoms with E-state index in [1.165, 1.54) is 20.8 Å². The van der Waals surface area contributed by atoms with Gasteiger partial charge < -0.3 is 15.5 Å². The van der Waals surface area contributed by atoms with Gasteiger partial charge in [-0.05, 0) is 26.3 Å². The van der Waals surface area contributed by atoms with E-state index in [2.05, 4.69) is 5.32 Å². The van der Waals surface area contributed by atoms with E-state index in [1.807, 2.05) is 0 Å². The van der Waals surface area contributed by atoms with Gasteiger partial charge in [0.25, 0.3) is 5.54 Å². The van der Waals surface area contributed by atoms with Crippen LogP contribution in [0.3, 0.4) is 0 Å². The average Bonchev–Trinajstić information content (AvgIpc) is 2.69. The number of carboxylic acid groups (broad SMARTS) is 2. The molecule has 1 aromatic rings. The molecule has 26 heavy (non-hydrogen) atoms. The Morgan fingerprint density at radius 2 is 1.65 bits per heavy atom. The third-order valence-electron chi connectivity index (χ3n) is 4.45. The first-order valence-electron chi connectivity index (χ1n) is 7.78. The minimum absolute atomic E-state index is 0.0112. The number of hydrogen-bond acceptors (Lipinski definition) is 5. The molecule has 0 saturated carbocycles. The summed E-state index contributed by atoms with van der Waals surface area (Å²) in [6.45, 7) is 4.26. The Kier molecular flexibility index (Phi) is 5.05. The zero-order chi connectivity index (χ0) is 19.8. The Bertz CT molecular complexity index is 737. The molecule has 0 aromatic heterocycles. The predicted octanol–water partition coefficient (Wildman–Crippen LogP) is 0.911. The zero-order valence-electron chi connectivity index (χ0n) is 14.6. The molecule has 1 atom stereocenters. The summed E-state index contributed by atoms with van der Waals surface area (Å²) >= 11 is 0.906. The van der Waals surface area contributed by atoms with Gasteiger partial charge in [0.15, 0.2) is 4.99 Å². The summed E-state index contributed by atoms with van der Waals surface area (Å²) in [5.74, 6) is -3.80. The van der Waals surface area contributed by atoms with Crippen molar-refractivity contribution in [1.29, 1.82) is 0 Å². The fourth-order valence-corrected chi connectivity index (χ4v) is 5.25. The van der Waals surface area contributed by atoms with Crippen LogP contribution in [0.2, 0.25) is 0 Å². The molecule has 0 bridgehead atoms. The Labute approximate surface area is 154 Å². The molecule has 8 nitrogen and oxygen atoms in total. The van der Waals surface area contributed by atoms with Crippen molar-refractivity contribution in [3.63, 3.8) is 0 Å². The van der Waals surface area contributed by atoms with E-state index in [9.17, 15) is 29.4 Å². The van der Waals surface area contributed by atoms with Gasteiger partial charge in [0.2, 0.25) is 12.3 Å². The summed E-state index contributed by atoms with van der Waals surface area (Å²) in [5.41, 5.74) is -1.79. The number of thioether (sulfide) groups is 1. The predicted molar refractivity (Wildman–Crippen MR) is 94.3 cm³/mol. The van der Waals surface area contributed by atoms with Crippen molar-refractivity contribution >= 4 is 36.0 Å². The van der Waals surface area contributed by atoms with Crippen LogP contribution >= 0.6 is 11.8 Å². The lowest BCUT2D eigenvalue weighted by molar-refractivity contribution is -0.174. The van der Waals surface area contributed by atoms with Gasteiger partial charge in [-0.3, -0.25) is 14.5 Å². The first-order valence-corrected chi connectivity index (χ1v) is 8.59. The van der Waals surface area contributed by atoms with Gasteiger partial charge >= 0.3 is 11.9 Å². The van der Waals surface area contributed by atoms with Crippen LogP contribution < -0.4 is 5.32 Å². The number of amides is 2. The Hall–Kier alpha value is -2.55. The van der Waals surface area contributed by atoms with Crippen LogP contribution in [0.4, 0.5) is 0 Å². The second-order valence-corrected chi connectivity index (χ2v) is 8.62. The first-order chi connectivity index (χ1) is 12.0. The Morgan fingerprint density at radius 1 is 1.12 bits per heavy atom. The van der Waals surface area contributed by atoms with Crippen LogP contribution in [0.15, 0.2) is 30.3 Å². The number of rotatable bonds is 6. The maximum Gasteiger partial charge on any atom is 0.343 e. The van der Waals surface area contributed by atoms with E-state index in [1.54, 1.807) is 30.3 Å². The highest BCUT2D eigenvalue weighted by atomic mass is 32.2. The third kappa shape index (κ3) is 2.92. The molecule has 9 heteroatoms. The maximum atomic E-state index is 12.4. The topological polar surface area (TPSA) is 124 Å². The number of carboxylic acids is 2. The van der Waals surface area contributed by atoms with E-state index >= 15 is 0 Å². The monoisotopic (exact) mass is 380 g/mol. The lowest BCUT2D eigenvalue weighted by Crippen LogP contribution is -2.69. The minimum atomic E-state index is -2.52. The lowest BCUT2D eigenvalue weighted by atomic mass is 9.83. The molecular weight excluding hydrogens is 360 g/mol. The molecule has 1 saturated heterocycles. The van der Waals surface area contributed by atoms with Crippen molar-refractivity contribution in [2.75, 3.05) is 0 Å². The summed E-state index contributed by atoms with van der Waals surface area (Å²) < 4.78 is -1.40. The standard InChI is InChI=1S/C17H20N2O6S/c1-15(2)17(13(22)23,14(24)25)19(10-20)16(3,26-15)18-12(21)9-11-7-5-4-6-8-11/h4-8,10H,9H2,1-3H3,(H,18,21)(H,22,23)(H,24,25). The second-order valence-electron chi connectivity index (χ2n) is 6.60. The molecule has 1 unspecified atom stereocenters. The normalized spacial score (nSPS) is 23.3. The van der Waals surface area contributed by atoms with Crippen molar-refractivity contribution in [3.05, 3.63) is 35.9 Å². The van der Waals surface area contributed by atoms with Crippen molar-refractivity contribution in [1.82, 2.24) is 10.2 Å². The van der Waals surface area contributed by atoms with Gasteiger partial charge in [0.1, 0.15) is 0 Å². The fraction of sp³-hybridized carbons (Fsp3) is 0.412. The van der Waals surface area contributed by atoms with E-state index in [0.29, 0.717) is 4.90 Å². The molecule has 0 spiro atoms. The molecule has 1 heterocycles. The highest BCUT2D eigenvalue weighted by Crippen LogP contribution is 2.55. The van der Waals surface area contributed by atoms with Gasteiger partial charge in [-0.15, -0.1) is 11.8 Å². The Balaban J connectivity index is 2.39. The van der Waals surface area contributed by atoms with E-state index < -0.39 is 33.1 Å². The number of carbonyl (C=O) groups excluding carboxylic acids is 2. The number of nitrogens with zero attached hydrogens (tertiary/aromatic N) is 1. The van der Waals surface area contributed by atoms with Crippen molar-refractivity contribution < 1.29 is 29.4 Å². The average molecular weight is 380 g/mol. The molecule has 2 rings (SSSR count). The van der Waals surface area contributed by atoms with E-state index in [-0.39, 0.29) is 12.8 Å². The van der Waals surface area contributed by atoms with E-state index in [0.717, 1.165) is 17.3 Å². The molecule has 1 aliphatic heterocycles. The zero-order valence-corrected chi connectivity index (χ0v) is 15.4. The number of benzene rings is 1. The van der Waals surface area contributed by atoms with E-state index in [4.69, 9.17) is 0 Å². The number of carbonyl (C=O) groups is 4. The van der Waals surface area contributed by atoms with Crippen molar-refractivity contribution in [3.8, 4) is 0 Å². The van der Waals surface area contributed by atoms with Gasteiger partial charge in [-0.1, -0.05) is 30.3 Å². The van der Waals surface area contributed by atoms with Crippen LogP contribution in [0, 0.1) is 0 Å². The number of aliphatic carboxylic acids is 2. The van der Waals surface area contributed by atoms with Crippen LogP contribution in [0.5, 0.6) is 0 Å².